The molecule has 0 aliphatic rings. The number of carbonyl (C=O) groups excluding carboxylic acids is 1. The second-order valence-corrected chi connectivity index (χ2v) is 2.34. The van der Waals surface area contributed by atoms with E-state index in [1.54, 1.807) is 6.07 Å². The van der Waals surface area contributed by atoms with Gasteiger partial charge in [-0.1, -0.05) is 0 Å². The van der Waals surface area contributed by atoms with Crippen molar-refractivity contribution in [3.63, 3.8) is 0 Å². The molecule has 0 bridgehead atoms. The Bertz CT molecular complexity index is 310. The minimum absolute atomic E-state index is 0.141. The number of methoxy groups -OCH3 is 1. The fraction of sp³-hybridized carbons (Fsp3) is 0.250. The number of Topliss-reactive ketones (excluding diaryl/α,β-unsaturated/α-hetero) is 1. The van der Waals surface area contributed by atoms with Crippen LogP contribution in [-0.2, 0) is 0 Å². The molecule has 12 heavy (non-hydrogen) atoms. The lowest BCUT2D eigenvalue weighted by atomic mass is 10.1. The monoisotopic (exact) mass is 166 g/mol. The normalized spacial score (nSPS) is 9.50. The molecule has 4 nitrogen and oxygen atoms in total. The highest BCUT2D eigenvalue weighted by atomic mass is 16.5. The first-order valence-corrected chi connectivity index (χ1v) is 3.46. The molecule has 0 aliphatic carbocycles. The molecule has 0 aliphatic heterocycles. The lowest BCUT2D eigenvalue weighted by Crippen LogP contribution is -2.04. The number of anilines is 1. The zero-order chi connectivity index (χ0) is 9.14. The predicted octanol–water partition coefficient (Wildman–Crippen LogP) is 0.875. The van der Waals surface area contributed by atoms with Gasteiger partial charge in [-0.3, -0.25) is 4.79 Å². The van der Waals surface area contributed by atoms with Crippen LogP contribution in [0, 0.1) is 0 Å². The van der Waals surface area contributed by atoms with Crippen LogP contribution >= 0.6 is 0 Å². The molecule has 4 heteroatoms. The number of ether oxygens (including phenoxy) is 1. The SMILES string of the molecule is COc1nccc(N)c1C(C)=O. The Labute approximate surface area is 70.4 Å². The Morgan fingerprint density at radius 3 is 2.75 bits per heavy atom. The summed E-state index contributed by atoms with van der Waals surface area (Å²) in [6.45, 7) is 1.43. The van der Waals surface area contributed by atoms with E-state index in [1.807, 2.05) is 0 Å². The average Bonchev–Trinajstić information content (AvgIpc) is 2.03. The van der Waals surface area contributed by atoms with Crippen molar-refractivity contribution in [2.45, 2.75) is 6.92 Å². The summed E-state index contributed by atoms with van der Waals surface area (Å²) in [4.78, 5) is 14.9. The smallest absolute Gasteiger partial charge is 0.226 e. The molecule has 0 amide bonds. The third kappa shape index (κ3) is 1.37. The van der Waals surface area contributed by atoms with Gasteiger partial charge in [-0.15, -0.1) is 0 Å². The summed E-state index contributed by atoms with van der Waals surface area (Å²) in [6, 6.07) is 1.57. The lowest BCUT2D eigenvalue weighted by molar-refractivity contribution is 0.101. The van der Waals surface area contributed by atoms with Crippen molar-refractivity contribution < 1.29 is 9.53 Å². The maximum Gasteiger partial charge on any atom is 0.226 e. The van der Waals surface area contributed by atoms with Crippen LogP contribution < -0.4 is 10.5 Å². The molecule has 1 heterocycles. The summed E-state index contributed by atoms with van der Waals surface area (Å²) in [6.07, 6.45) is 1.50. The van der Waals surface area contributed by atoms with Gasteiger partial charge in [0, 0.05) is 11.9 Å². The van der Waals surface area contributed by atoms with E-state index in [0.29, 0.717) is 11.3 Å². The van der Waals surface area contributed by atoms with E-state index in [4.69, 9.17) is 10.5 Å². The van der Waals surface area contributed by atoms with Crippen LogP contribution in [0.3, 0.4) is 0 Å². The number of nitrogens with two attached hydrogens (primary N) is 1. The molecule has 0 fully saturated rings. The first-order chi connectivity index (χ1) is 5.66. The summed E-state index contributed by atoms with van der Waals surface area (Å²) in [5, 5.41) is 0. The van der Waals surface area contributed by atoms with Crippen molar-refractivity contribution in [3.05, 3.63) is 17.8 Å². The summed E-state index contributed by atoms with van der Waals surface area (Å²) in [5.74, 6) is 0.139. The predicted molar refractivity (Wildman–Crippen MR) is 45.2 cm³/mol. The Kier molecular flexibility index (Phi) is 2.28. The van der Waals surface area contributed by atoms with Crippen molar-refractivity contribution in [2.24, 2.45) is 0 Å². The van der Waals surface area contributed by atoms with Gasteiger partial charge in [0.2, 0.25) is 5.88 Å². The largest absolute Gasteiger partial charge is 0.480 e. The van der Waals surface area contributed by atoms with Crippen molar-refractivity contribution in [3.8, 4) is 5.88 Å². The van der Waals surface area contributed by atoms with Gasteiger partial charge in [0.05, 0.1) is 7.11 Å². The summed E-state index contributed by atoms with van der Waals surface area (Å²) in [5.41, 5.74) is 6.30. The zero-order valence-electron chi connectivity index (χ0n) is 7.00. The van der Waals surface area contributed by atoms with Crippen molar-refractivity contribution in [2.75, 3.05) is 12.8 Å². The number of nitrogens with zero attached hydrogens (tertiary/aromatic N) is 1. The van der Waals surface area contributed by atoms with E-state index in [9.17, 15) is 4.79 Å². The molecule has 0 saturated heterocycles. The van der Waals surface area contributed by atoms with Gasteiger partial charge >= 0.3 is 0 Å². The van der Waals surface area contributed by atoms with Crippen molar-refractivity contribution in [1.29, 1.82) is 0 Å². The molecule has 0 unspecified atom stereocenters. The number of nitrogen functional groups attached to an aromatic ring is 1. The molecule has 1 aromatic heterocycles. The van der Waals surface area contributed by atoms with Gasteiger partial charge in [-0.2, -0.15) is 0 Å². The van der Waals surface area contributed by atoms with E-state index in [1.165, 1.54) is 20.2 Å². The van der Waals surface area contributed by atoms with Gasteiger partial charge in [-0.25, -0.2) is 4.98 Å². The van der Waals surface area contributed by atoms with Crippen LogP contribution in [0.1, 0.15) is 17.3 Å². The molecule has 0 radical (unpaired) electrons. The van der Waals surface area contributed by atoms with Crippen LogP contribution in [0.15, 0.2) is 12.3 Å². The number of carbonyl (C=O) groups is 1. The fourth-order valence-electron chi connectivity index (χ4n) is 0.965. The average molecular weight is 166 g/mol. The van der Waals surface area contributed by atoms with E-state index < -0.39 is 0 Å². The molecule has 2 N–H and O–H groups in total. The van der Waals surface area contributed by atoms with Gasteiger partial charge < -0.3 is 10.5 Å². The standard InChI is InChI=1S/C8H10N2O2/c1-5(11)7-6(9)3-4-10-8(7)12-2/h3-4H,1-2H3,(H2,9,10). The van der Waals surface area contributed by atoms with Gasteiger partial charge in [0.25, 0.3) is 0 Å². The maximum absolute atomic E-state index is 11.0. The van der Waals surface area contributed by atoms with Crippen LogP contribution in [0.2, 0.25) is 0 Å². The van der Waals surface area contributed by atoms with Crippen LogP contribution in [0.5, 0.6) is 5.88 Å². The molecule has 1 aromatic rings. The Hall–Kier alpha value is -1.58. The third-order valence-corrected chi connectivity index (χ3v) is 1.49. The van der Waals surface area contributed by atoms with Crippen LogP contribution in [-0.4, -0.2) is 17.9 Å². The summed E-state index contributed by atoms with van der Waals surface area (Å²) >= 11 is 0. The third-order valence-electron chi connectivity index (χ3n) is 1.49. The van der Waals surface area contributed by atoms with Gasteiger partial charge in [0.1, 0.15) is 5.56 Å². The molecular formula is C8H10N2O2. The van der Waals surface area contributed by atoms with E-state index in [0.717, 1.165) is 0 Å². The zero-order valence-corrected chi connectivity index (χ0v) is 7.00. The van der Waals surface area contributed by atoms with E-state index >= 15 is 0 Å². The summed E-state index contributed by atoms with van der Waals surface area (Å²) < 4.78 is 4.88. The lowest BCUT2D eigenvalue weighted by Gasteiger charge is -2.05. The van der Waals surface area contributed by atoms with Crippen LogP contribution in [0.25, 0.3) is 0 Å². The number of aromatic nitrogens is 1. The number of rotatable bonds is 2. The van der Waals surface area contributed by atoms with E-state index in [2.05, 4.69) is 4.98 Å². The van der Waals surface area contributed by atoms with E-state index in [-0.39, 0.29) is 11.7 Å². The second-order valence-electron chi connectivity index (χ2n) is 2.34. The molecule has 1 rings (SSSR count). The molecule has 0 aromatic carbocycles. The fourth-order valence-corrected chi connectivity index (χ4v) is 0.965. The maximum atomic E-state index is 11.0. The Morgan fingerprint density at radius 1 is 1.67 bits per heavy atom. The molecule has 64 valence electrons. The highest BCUT2D eigenvalue weighted by Crippen LogP contribution is 2.20. The molecule has 0 spiro atoms. The number of ketones is 1. The molecular weight excluding hydrogens is 156 g/mol. The second kappa shape index (κ2) is 3.21. The number of hydrogen-bond acceptors (Lipinski definition) is 4. The number of pyridine rings is 1. The van der Waals surface area contributed by atoms with Gasteiger partial charge in [-0.05, 0) is 13.0 Å². The van der Waals surface area contributed by atoms with Gasteiger partial charge in [0.15, 0.2) is 5.78 Å². The quantitative estimate of drug-likeness (QED) is 0.662. The van der Waals surface area contributed by atoms with Crippen LogP contribution in [0.4, 0.5) is 5.69 Å². The van der Waals surface area contributed by atoms with Crippen molar-refractivity contribution >= 4 is 11.5 Å². The highest BCUT2D eigenvalue weighted by molar-refractivity contribution is 6.01. The molecule has 0 atom stereocenters. The first kappa shape index (κ1) is 8.52. The first-order valence-electron chi connectivity index (χ1n) is 3.46. The highest BCUT2D eigenvalue weighted by Gasteiger charge is 2.11. The molecule has 0 saturated carbocycles. The Balaban J connectivity index is 3.29. The minimum Gasteiger partial charge on any atom is -0.480 e. The summed E-state index contributed by atoms with van der Waals surface area (Å²) in [7, 11) is 1.45. The topological polar surface area (TPSA) is 65.2 Å². The number of hydrogen-bond donors (Lipinski definition) is 1. The Morgan fingerprint density at radius 2 is 2.33 bits per heavy atom. The minimum atomic E-state index is -0.141. The van der Waals surface area contributed by atoms with Crippen molar-refractivity contribution in [1.82, 2.24) is 4.98 Å².